The number of allylic oxidation sites excluding steroid dienone is 4. The lowest BCUT2D eigenvalue weighted by molar-refractivity contribution is 0.0978. The van der Waals surface area contributed by atoms with Gasteiger partial charge >= 0.3 is 0 Å². The van der Waals surface area contributed by atoms with Gasteiger partial charge in [-0.05, 0) is 13.8 Å². The van der Waals surface area contributed by atoms with Crippen LogP contribution in [-0.2, 0) is 0 Å². The van der Waals surface area contributed by atoms with Crippen molar-refractivity contribution in [3.05, 3.63) is 58.7 Å². The molecule has 0 spiro atoms. The van der Waals surface area contributed by atoms with Gasteiger partial charge in [-0.1, -0.05) is 36.4 Å². The number of ketones is 2. The van der Waals surface area contributed by atoms with E-state index in [4.69, 9.17) is 0 Å². The molecule has 0 amide bonds. The molecule has 0 N–H and O–H groups in total. The van der Waals surface area contributed by atoms with Gasteiger partial charge in [-0.25, -0.2) is 0 Å². The first-order chi connectivity index (χ1) is 7.66. The molecule has 1 aromatic carbocycles. The summed E-state index contributed by atoms with van der Waals surface area (Å²) in [5.41, 5.74) is 2.05. The lowest BCUT2D eigenvalue weighted by Gasteiger charge is -2.16. The molecule has 0 aromatic heterocycles. The molecule has 2 heteroatoms. The number of hydrogen-bond acceptors (Lipinski definition) is 2. The molecule has 2 rings (SSSR count). The van der Waals surface area contributed by atoms with Crippen LogP contribution in [-0.4, -0.2) is 11.6 Å². The van der Waals surface area contributed by atoms with Crippen LogP contribution in [0.1, 0.15) is 34.6 Å². The zero-order chi connectivity index (χ0) is 11.7. The maximum Gasteiger partial charge on any atom is 0.194 e. The highest BCUT2D eigenvalue weighted by Gasteiger charge is 2.27. The Morgan fingerprint density at radius 3 is 2.12 bits per heavy atom. The van der Waals surface area contributed by atoms with Gasteiger partial charge in [0.05, 0.1) is 0 Å². The molecule has 1 aliphatic rings. The molecule has 1 aromatic rings. The Bertz CT molecular complexity index is 533. The Morgan fingerprint density at radius 1 is 1.00 bits per heavy atom. The Balaban J connectivity index is 2.68. The number of benzene rings is 1. The third-order valence-corrected chi connectivity index (χ3v) is 2.74. The molecule has 0 bridgehead atoms. The molecule has 0 unspecified atom stereocenters. The largest absolute Gasteiger partial charge is 0.289 e. The quantitative estimate of drug-likeness (QED) is 0.717. The average molecular weight is 212 g/mol. The van der Waals surface area contributed by atoms with Crippen molar-refractivity contribution in [2.24, 2.45) is 0 Å². The molecule has 0 radical (unpaired) electrons. The second kappa shape index (κ2) is 3.89. The predicted octanol–water partition coefficient (Wildman–Crippen LogP) is 2.96. The van der Waals surface area contributed by atoms with Crippen LogP contribution in [0, 0.1) is 0 Å². The van der Waals surface area contributed by atoms with E-state index in [9.17, 15) is 9.59 Å². The Labute approximate surface area is 94.3 Å². The molecule has 0 fully saturated rings. The molecular formula is C14H12O2. The number of hydrogen-bond donors (Lipinski definition) is 0. The minimum absolute atomic E-state index is 0.0525. The van der Waals surface area contributed by atoms with Crippen LogP contribution >= 0.6 is 0 Å². The summed E-state index contributed by atoms with van der Waals surface area (Å²) in [7, 11) is 0. The molecule has 0 heterocycles. The number of Topliss-reactive ketones (excluding diaryl/α,β-unsaturated/α-hetero) is 2. The zero-order valence-corrected chi connectivity index (χ0v) is 9.28. The summed E-state index contributed by atoms with van der Waals surface area (Å²) >= 11 is 0. The minimum Gasteiger partial charge on any atom is -0.289 e. The van der Waals surface area contributed by atoms with Crippen LogP contribution < -0.4 is 0 Å². The van der Waals surface area contributed by atoms with Crippen LogP contribution in [0.2, 0.25) is 0 Å². The molecule has 0 atom stereocenters. The van der Waals surface area contributed by atoms with Crippen molar-refractivity contribution >= 4 is 11.6 Å². The fourth-order valence-corrected chi connectivity index (χ4v) is 1.89. The number of rotatable bonds is 1. The van der Waals surface area contributed by atoms with Crippen molar-refractivity contribution in [2.75, 3.05) is 0 Å². The third kappa shape index (κ3) is 1.43. The van der Waals surface area contributed by atoms with Crippen LogP contribution in [0.5, 0.6) is 0 Å². The fraction of sp³-hybridized carbons (Fsp3) is 0.143. The van der Waals surface area contributed by atoms with E-state index in [2.05, 4.69) is 0 Å². The summed E-state index contributed by atoms with van der Waals surface area (Å²) < 4.78 is 0. The first-order valence-corrected chi connectivity index (χ1v) is 5.18. The zero-order valence-electron chi connectivity index (χ0n) is 9.28. The van der Waals surface area contributed by atoms with Crippen molar-refractivity contribution < 1.29 is 9.59 Å². The highest BCUT2D eigenvalue weighted by molar-refractivity contribution is 6.27. The van der Waals surface area contributed by atoms with Crippen LogP contribution in [0.25, 0.3) is 0 Å². The third-order valence-electron chi connectivity index (χ3n) is 2.74. The van der Waals surface area contributed by atoms with Gasteiger partial charge in [0.1, 0.15) is 0 Å². The molecular weight excluding hydrogens is 200 g/mol. The summed E-state index contributed by atoms with van der Waals surface area (Å²) in [6.07, 6.45) is 3.48. The van der Waals surface area contributed by atoms with E-state index in [1.165, 1.54) is 0 Å². The van der Waals surface area contributed by atoms with E-state index < -0.39 is 0 Å². The van der Waals surface area contributed by atoms with Crippen LogP contribution in [0.4, 0.5) is 0 Å². The van der Waals surface area contributed by atoms with Gasteiger partial charge in [0.2, 0.25) is 0 Å². The van der Waals surface area contributed by atoms with Gasteiger partial charge in [-0.15, -0.1) is 0 Å². The van der Waals surface area contributed by atoms with Gasteiger partial charge < -0.3 is 0 Å². The van der Waals surface area contributed by atoms with Gasteiger partial charge in [0.25, 0.3) is 0 Å². The van der Waals surface area contributed by atoms with E-state index in [1.807, 2.05) is 6.92 Å². The maximum atomic E-state index is 12.1. The van der Waals surface area contributed by atoms with E-state index in [-0.39, 0.29) is 11.6 Å². The van der Waals surface area contributed by atoms with Gasteiger partial charge in [-0.3, -0.25) is 9.59 Å². The first-order valence-electron chi connectivity index (χ1n) is 5.18. The summed E-state index contributed by atoms with van der Waals surface area (Å²) in [4.78, 5) is 24.1. The maximum absolute atomic E-state index is 12.1. The average Bonchev–Trinajstić information content (AvgIpc) is 2.32. The molecule has 0 aliphatic heterocycles. The lowest BCUT2D eigenvalue weighted by Crippen LogP contribution is -2.19. The van der Waals surface area contributed by atoms with Crippen molar-refractivity contribution in [3.63, 3.8) is 0 Å². The fourth-order valence-electron chi connectivity index (χ4n) is 1.89. The number of carbonyl (C=O) groups is 2. The van der Waals surface area contributed by atoms with Crippen molar-refractivity contribution in [1.29, 1.82) is 0 Å². The highest BCUT2D eigenvalue weighted by atomic mass is 16.1. The molecule has 2 nitrogen and oxygen atoms in total. The summed E-state index contributed by atoms with van der Waals surface area (Å²) in [5, 5.41) is 0. The van der Waals surface area contributed by atoms with Crippen LogP contribution in [0.3, 0.4) is 0 Å². The topological polar surface area (TPSA) is 34.1 Å². The molecule has 0 saturated carbocycles. The van der Waals surface area contributed by atoms with Crippen molar-refractivity contribution in [2.45, 2.75) is 13.8 Å². The van der Waals surface area contributed by atoms with E-state index >= 15 is 0 Å². The second-order valence-corrected chi connectivity index (χ2v) is 3.74. The SMILES string of the molecule is C/C=C/C1=C(C)C(=O)c2ccccc2C1=O. The summed E-state index contributed by atoms with van der Waals surface area (Å²) in [5.74, 6) is -0.117. The van der Waals surface area contributed by atoms with Crippen LogP contribution in [0.15, 0.2) is 47.6 Å². The predicted molar refractivity (Wildman–Crippen MR) is 62.6 cm³/mol. The van der Waals surface area contributed by atoms with Gasteiger partial charge in [0, 0.05) is 22.3 Å². The second-order valence-electron chi connectivity index (χ2n) is 3.74. The van der Waals surface area contributed by atoms with E-state index in [1.54, 1.807) is 43.3 Å². The monoisotopic (exact) mass is 212 g/mol. The highest BCUT2D eigenvalue weighted by Crippen LogP contribution is 2.26. The Hall–Kier alpha value is -1.96. The summed E-state index contributed by atoms with van der Waals surface area (Å²) in [6.45, 7) is 3.53. The van der Waals surface area contributed by atoms with Crippen molar-refractivity contribution in [1.82, 2.24) is 0 Å². The van der Waals surface area contributed by atoms with E-state index in [0.717, 1.165) is 0 Å². The lowest BCUT2D eigenvalue weighted by atomic mass is 9.84. The first kappa shape index (κ1) is 10.6. The Kier molecular flexibility index (Phi) is 2.57. The minimum atomic E-state index is -0.0641. The standard InChI is InChI=1S/C14H12O2/c1-3-6-10-9(2)13(15)11-7-4-5-8-12(11)14(10)16/h3-8H,1-2H3/b6-3+. The van der Waals surface area contributed by atoms with E-state index in [0.29, 0.717) is 22.3 Å². The Morgan fingerprint density at radius 2 is 1.56 bits per heavy atom. The van der Waals surface area contributed by atoms with Gasteiger partial charge in [-0.2, -0.15) is 0 Å². The molecule has 80 valence electrons. The summed E-state index contributed by atoms with van der Waals surface area (Å²) in [6, 6.07) is 6.95. The number of fused-ring (bicyclic) bond motifs is 1. The smallest absolute Gasteiger partial charge is 0.194 e. The molecule has 1 aliphatic carbocycles. The molecule has 0 saturated heterocycles. The molecule has 16 heavy (non-hydrogen) atoms. The normalized spacial score (nSPS) is 15.9. The van der Waals surface area contributed by atoms with Crippen molar-refractivity contribution in [3.8, 4) is 0 Å². The number of carbonyl (C=O) groups excluding carboxylic acids is 2. The van der Waals surface area contributed by atoms with Gasteiger partial charge in [0.15, 0.2) is 11.6 Å².